The maximum atomic E-state index is 13.3. The lowest BCUT2D eigenvalue weighted by Crippen LogP contribution is -2.46. The van der Waals surface area contributed by atoms with Gasteiger partial charge < -0.3 is 19.7 Å². The first-order valence-corrected chi connectivity index (χ1v) is 10.1. The molecule has 9 heteroatoms. The number of aromatic nitrogens is 2. The maximum Gasteiger partial charge on any atom is 0.267 e. The molecule has 31 heavy (non-hydrogen) atoms. The Kier molecular flexibility index (Phi) is 5.84. The Labute approximate surface area is 179 Å². The van der Waals surface area contributed by atoms with Gasteiger partial charge in [0, 0.05) is 38.7 Å². The standard InChI is InChI=1S/C22H23N5O4/c1-2-8-24-20(28)16(15-23)14-17-19(25-18-5-3-4-9-27(18)21(17)29)26-10-6-22(7-11-26)30-12-13-31-22/h2-5,9,14H,1,6-8,10-13H2,(H,24,28)/b16-14-. The van der Waals surface area contributed by atoms with Crippen LogP contribution in [0.15, 0.2) is 47.4 Å². The first-order chi connectivity index (χ1) is 15.1. The maximum absolute atomic E-state index is 13.3. The number of nitriles is 1. The molecule has 0 radical (unpaired) electrons. The van der Waals surface area contributed by atoms with Crippen molar-refractivity contribution in [3.05, 3.63) is 58.5 Å². The predicted molar refractivity (Wildman–Crippen MR) is 114 cm³/mol. The van der Waals surface area contributed by atoms with Crippen molar-refractivity contribution in [1.29, 1.82) is 5.26 Å². The number of piperidine rings is 1. The minimum Gasteiger partial charge on any atom is -0.355 e. The van der Waals surface area contributed by atoms with E-state index in [2.05, 4.69) is 16.9 Å². The summed E-state index contributed by atoms with van der Waals surface area (Å²) in [6, 6.07) is 7.16. The van der Waals surface area contributed by atoms with Gasteiger partial charge in [-0.05, 0) is 18.2 Å². The van der Waals surface area contributed by atoms with E-state index in [9.17, 15) is 14.9 Å². The molecule has 2 saturated heterocycles. The fourth-order valence-electron chi connectivity index (χ4n) is 3.86. The average Bonchev–Trinajstić information content (AvgIpc) is 3.25. The highest BCUT2D eigenvalue weighted by Crippen LogP contribution is 2.33. The van der Waals surface area contributed by atoms with E-state index in [0.29, 0.717) is 50.6 Å². The molecule has 160 valence electrons. The Morgan fingerprint density at radius 3 is 2.74 bits per heavy atom. The molecule has 1 amide bonds. The molecule has 0 aliphatic carbocycles. The first kappa shape index (κ1) is 20.8. The van der Waals surface area contributed by atoms with Crippen LogP contribution < -0.4 is 15.8 Å². The van der Waals surface area contributed by atoms with Gasteiger partial charge in [-0.25, -0.2) is 4.98 Å². The lowest BCUT2D eigenvalue weighted by atomic mass is 10.0. The van der Waals surface area contributed by atoms with E-state index in [-0.39, 0.29) is 23.2 Å². The van der Waals surface area contributed by atoms with E-state index >= 15 is 0 Å². The van der Waals surface area contributed by atoms with Gasteiger partial charge in [-0.3, -0.25) is 14.0 Å². The van der Waals surface area contributed by atoms with Crippen molar-refractivity contribution >= 4 is 23.4 Å². The van der Waals surface area contributed by atoms with E-state index in [1.165, 1.54) is 16.6 Å². The largest absolute Gasteiger partial charge is 0.355 e. The third kappa shape index (κ3) is 4.08. The van der Waals surface area contributed by atoms with Crippen LogP contribution in [0.25, 0.3) is 11.7 Å². The first-order valence-electron chi connectivity index (χ1n) is 10.1. The van der Waals surface area contributed by atoms with E-state index in [4.69, 9.17) is 9.47 Å². The van der Waals surface area contributed by atoms with Gasteiger partial charge in [0.1, 0.15) is 23.1 Å². The second kappa shape index (κ2) is 8.71. The smallest absolute Gasteiger partial charge is 0.267 e. The van der Waals surface area contributed by atoms with Crippen LogP contribution in [0.1, 0.15) is 18.4 Å². The van der Waals surface area contributed by atoms with Crippen LogP contribution in [0.3, 0.4) is 0 Å². The summed E-state index contributed by atoms with van der Waals surface area (Å²) in [4.78, 5) is 32.3. The van der Waals surface area contributed by atoms with Gasteiger partial charge in [0.25, 0.3) is 11.5 Å². The highest BCUT2D eigenvalue weighted by molar-refractivity contribution is 6.02. The molecule has 1 N–H and O–H groups in total. The summed E-state index contributed by atoms with van der Waals surface area (Å²) in [6.45, 7) is 6.06. The molecule has 0 atom stereocenters. The summed E-state index contributed by atoms with van der Waals surface area (Å²) >= 11 is 0. The van der Waals surface area contributed by atoms with E-state index in [0.717, 1.165) is 0 Å². The van der Waals surface area contributed by atoms with Crippen molar-refractivity contribution in [2.45, 2.75) is 18.6 Å². The summed E-state index contributed by atoms with van der Waals surface area (Å²) in [5, 5.41) is 12.1. The normalized spacial score (nSPS) is 18.2. The third-order valence-electron chi connectivity index (χ3n) is 5.45. The average molecular weight is 421 g/mol. The van der Waals surface area contributed by atoms with E-state index in [1.54, 1.807) is 24.4 Å². The second-order valence-electron chi connectivity index (χ2n) is 7.35. The fourth-order valence-corrected chi connectivity index (χ4v) is 3.86. The number of fused-ring (bicyclic) bond motifs is 1. The van der Waals surface area contributed by atoms with Gasteiger partial charge in [-0.2, -0.15) is 5.26 Å². The van der Waals surface area contributed by atoms with Gasteiger partial charge in [-0.15, -0.1) is 6.58 Å². The molecular formula is C22H23N5O4. The number of ether oxygens (including phenoxy) is 2. The van der Waals surface area contributed by atoms with Crippen molar-refractivity contribution < 1.29 is 14.3 Å². The van der Waals surface area contributed by atoms with Crippen LogP contribution in [0.2, 0.25) is 0 Å². The topological polar surface area (TPSA) is 109 Å². The molecule has 0 saturated carbocycles. The van der Waals surface area contributed by atoms with Crippen LogP contribution in [-0.2, 0) is 14.3 Å². The summed E-state index contributed by atoms with van der Waals surface area (Å²) in [5.74, 6) is -0.703. The van der Waals surface area contributed by atoms with E-state index < -0.39 is 11.7 Å². The zero-order valence-corrected chi connectivity index (χ0v) is 17.0. The van der Waals surface area contributed by atoms with Crippen LogP contribution in [0, 0.1) is 11.3 Å². The zero-order chi connectivity index (χ0) is 21.8. The molecule has 2 aliphatic rings. The number of amides is 1. The number of nitrogens with zero attached hydrogens (tertiary/aromatic N) is 4. The van der Waals surface area contributed by atoms with Gasteiger partial charge in [-0.1, -0.05) is 12.1 Å². The molecule has 2 aromatic heterocycles. The van der Waals surface area contributed by atoms with Gasteiger partial charge in [0.15, 0.2) is 5.79 Å². The van der Waals surface area contributed by atoms with E-state index in [1.807, 2.05) is 11.0 Å². The zero-order valence-electron chi connectivity index (χ0n) is 17.0. The van der Waals surface area contributed by atoms with Gasteiger partial charge in [0.05, 0.1) is 18.8 Å². The van der Waals surface area contributed by atoms with Gasteiger partial charge in [0.2, 0.25) is 0 Å². The molecule has 9 nitrogen and oxygen atoms in total. The minimum atomic E-state index is -0.573. The molecule has 4 rings (SSSR count). The summed E-state index contributed by atoms with van der Waals surface area (Å²) in [5.41, 5.74) is 0.161. The molecule has 4 heterocycles. The van der Waals surface area contributed by atoms with Crippen molar-refractivity contribution in [2.24, 2.45) is 0 Å². The monoisotopic (exact) mass is 421 g/mol. The Morgan fingerprint density at radius 1 is 1.32 bits per heavy atom. The second-order valence-corrected chi connectivity index (χ2v) is 7.35. The summed E-state index contributed by atoms with van der Waals surface area (Å²) in [7, 11) is 0. The van der Waals surface area contributed by atoms with Crippen LogP contribution in [-0.4, -0.2) is 53.9 Å². The number of hydrogen-bond donors (Lipinski definition) is 1. The van der Waals surface area contributed by atoms with Crippen molar-refractivity contribution in [3.63, 3.8) is 0 Å². The summed E-state index contributed by atoms with van der Waals surface area (Å²) in [6.07, 6.45) is 5.71. The molecule has 0 aromatic carbocycles. The van der Waals surface area contributed by atoms with Crippen LogP contribution >= 0.6 is 0 Å². The molecule has 1 spiro atoms. The molecule has 2 aliphatic heterocycles. The Balaban J connectivity index is 1.76. The Morgan fingerprint density at radius 2 is 2.06 bits per heavy atom. The third-order valence-corrected chi connectivity index (χ3v) is 5.45. The van der Waals surface area contributed by atoms with Gasteiger partial charge >= 0.3 is 0 Å². The quantitative estimate of drug-likeness (QED) is 0.440. The predicted octanol–water partition coefficient (Wildman–Crippen LogP) is 1.25. The number of carbonyl (C=O) groups is 1. The highest BCUT2D eigenvalue weighted by Gasteiger charge is 2.40. The summed E-state index contributed by atoms with van der Waals surface area (Å²) < 4.78 is 13.0. The van der Waals surface area contributed by atoms with Crippen LogP contribution in [0.5, 0.6) is 0 Å². The lowest BCUT2D eigenvalue weighted by Gasteiger charge is -2.38. The number of anilines is 1. The highest BCUT2D eigenvalue weighted by atomic mass is 16.7. The fraction of sp³-hybridized carbons (Fsp3) is 0.364. The molecule has 0 unspecified atom stereocenters. The lowest BCUT2D eigenvalue weighted by molar-refractivity contribution is -0.169. The number of hydrogen-bond acceptors (Lipinski definition) is 7. The minimum absolute atomic E-state index is 0.172. The number of nitrogens with one attached hydrogen (secondary N) is 1. The van der Waals surface area contributed by atoms with Crippen molar-refractivity contribution in [2.75, 3.05) is 37.7 Å². The van der Waals surface area contributed by atoms with Crippen molar-refractivity contribution in [3.8, 4) is 6.07 Å². The molecular weight excluding hydrogens is 398 g/mol. The Bertz CT molecular complexity index is 1130. The number of rotatable bonds is 5. The molecule has 2 aromatic rings. The Hall–Kier alpha value is -3.48. The molecule has 2 fully saturated rings. The molecule has 0 bridgehead atoms. The van der Waals surface area contributed by atoms with Crippen molar-refractivity contribution in [1.82, 2.24) is 14.7 Å². The SMILES string of the molecule is C=CCNC(=O)/C(C#N)=C\c1c(N2CCC3(CC2)OCCO3)nc2ccccn2c1=O. The number of carbonyl (C=O) groups excluding carboxylic acids is 1. The van der Waals surface area contributed by atoms with Crippen LogP contribution in [0.4, 0.5) is 5.82 Å². The number of pyridine rings is 1.